The second-order valence-corrected chi connectivity index (χ2v) is 4.18. The highest BCUT2D eigenvalue weighted by atomic mass is 35.5. The first kappa shape index (κ1) is 11.4. The third-order valence-electron chi connectivity index (χ3n) is 1.55. The van der Waals surface area contributed by atoms with E-state index in [0.29, 0.717) is 6.54 Å². The summed E-state index contributed by atoms with van der Waals surface area (Å²) in [7, 11) is 1.58. The van der Waals surface area contributed by atoms with Gasteiger partial charge < -0.3 is 10.1 Å². The van der Waals surface area contributed by atoms with Gasteiger partial charge in [0.1, 0.15) is 0 Å². The number of amides is 1. The topological polar surface area (TPSA) is 64.1 Å². The van der Waals surface area contributed by atoms with Crippen LogP contribution in [0.25, 0.3) is 0 Å². The molecule has 1 aromatic rings. The molecular weight excluding hydrogens is 226 g/mol. The van der Waals surface area contributed by atoms with Crippen LogP contribution in [0.15, 0.2) is 0 Å². The Morgan fingerprint density at radius 2 is 2.43 bits per heavy atom. The average Bonchev–Trinajstić information content (AvgIpc) is 2.60. The fourth-order valence-corrected chi connectivity index (χ4v) is 1.44. The fourth-order valence-electron chi connectivity index (χ4n) is 0.692. The molecule has 0 fully saturated rings. The van der Waals surface area contributed by atoms with E-state index in [1.165, 1.54) is 0 Å². The molecule has 5 nitrogen and oxygen atoms in total. The van der Waals surface area contributed by atoms with Gasteiger partial charge in [-0.25, -0.2) is 0 Å². The van der Waals surface area contributed by atoms with E-state index in [-0.39, 0.29) is 21.5 Å². The van der Waals surface area contributed by atoms with Crippen LogP contribution in [0.5, 0.6) is 0 Å². The highest BCUT2D eigenvalue weighted by Gasteiger charge is 2.12. The molecule has 0 aromatic carbocycles. The highest BCUT2D eigenvalue weighted by molar-refractivity contribution is 7.17. The van der Waals surface area contributed by atoms with Crippen molar-refractivity contribution in [2.24, 2.45) is 0 Å². The maximum absolute atomic E-state index is 11.4. The van der Waals surface area contributed by atoms with E-state index < -0.39 is 0 Å². The second kappa shape index (κ2) is 5.23. The van der Waals surface area contributed by atoms with E-state index >= 15 is 0 Å². The van der Waals surface area contributed by atoms with Gasteiger partial charge in [-0.2, -0.15) is 0 Å². The number of nitrogens with one attached hydrogen (secondary N) is 1. The minimum Gasteiger partial charge on any atom is -0.380 e. The van der Waals surface area contributed by atoms with Crippen LogP contribution >= 0.6 is 22.9 Å². The first-order valence-corrected chi connectivity index (χ1v) is 5.13. The predicted octanol–water partition coefficient (Wildman–Crippen LogP) is 0.956. The first-order chi connectivity index (χ1) is 6.63. The van der Waals surface area contributed by atoms with Crippen molar-refractivity contribution < 1.29 is 9.53 Å². The third-order valence-corrected chi connectivity index (χ3v) is 2.56. The van der Waals surface area contributed by atoms with Gasteiger partial charge in [-0.15, -0.1) is 10.2 Å². The monoisotopic (exact) mass is 235 g/mol. The van der Waals surface area contributed by atoms with E-state index in [1.54, 1.807) is 7.11 Å². The predicted molar refractivity (Wildman–Crippen MR) is 53.7 cm³/mol. The molecule has 78 valence electrons. The minimum absolute atomic E-state index is 0.0256. The number of ether oxygens (including phenoxy) is 1. The first-order valence-electron chi connectivity index (χ1n) is 3.93. The molecule has 1 heterocycles. The Balaban J connectivity index is 2.43. The van der Waals surface area contributed by atoms with Gasteiger partial charge in [0.2, 0.25) is 9.47 Å². The molecule has 1 aromatic heterocycles. The zero-order valence-corrected chi connectivity index (χ0v) is 9.35. The summed E-state index contributed by atoms with van der Waals surface area (Å²) in [5.74, 6) is -0.279. The Bertz CT molecular complexity index is 318. The summed E-state index contributed by atoms with van der Waals surface area (Å²) in [4.78, 5) is 11.4. The SMILES string of the molecule is COC(C)CNC(=O)c1nnc(Cl)s1. The number of nitrogens with zero attached hydrogens (tertiary/aromatic N) is 2. The lowest BCUT2D eigenvalue weighted by molar-refractivity contribution is 0.0869. The molecule has 0 spiro atoms. The van der Waals surface area contributed by atoms with Gasteiger partial charge in [0.05, 0.1) is 6.10 Å². The molecule has 0 aliphatic heterocycles. The standard InChI is InChI=1S/C7H10ClN3O2S/c1-4(13-2)3-9-5(12)6-10-11-7(8)14-6/h4H,3H2,1-2H3,(H,9,12). The molecule has 1 unspecified atom stereocenters. The Labute approximate surface area is 90.4 Å². The summed E-state index contributed by atoms with van der Waals surface area (Å²) in [5.41, 5.74) is 0. The maximum Gasteiger partial charge on any atom is 0.282 e. The van der Waals surface area contributed by atoms with Crippen molar-refractivity contribution in [1.29, 1.82) is 0 Å². The van der Waals surface area contributed by atoms with Crippen molar-refractivity contribution >= 4 is 28.8 Å². The average molecular weight is 236 g/mol. The fraction of sp³-hybridized carbons (Fsp3) is 0.571. The van der Waals surface area contributed by atoms with Gasteiger partial charge >= 0.3 is 0 Å². The lowest BCUT2D eigenvalue weighted by atomic mass is 10.4. The van der Waals surface area contributed by atoms with Crippen LogP contribution in [0.3, 0.4) is 0 Å². The summed E-state index contributed by atoms with van der Waals surface area (Å²) in [5, 5.41) is 10.0. The Kier molecular flexibility index (Phi) is 4.24. The molecule has 1 atom stereocenters. The van der Waals surface area contributed by atoms with Crippen molar-refractivity contribution in [3.63, 3.8) is 0 Å². The van der Waals surface area contributed by atoms with Gasteiger partial charge in [-0.3, -0.25) is 4.79 Å². The quantitative estimate of drug-likeness (QED) is 0.844. The molecule has 0 radical (unpaired) electrons. The number of methoxy groups -OCH3 is 1. The van der Waals surface area contributed by atoms with E-state index in [2.05, 4.69) is 15.5 Å². The summed E-state index contributed by atoms with van der Waals surface area (Å²) in [6, 6.07) is 0. The van der Waals surface area contributed by atoms with Crippen LogP contribution in [0, 0.1) is 0 Å². The zero-order chi connectivity index (χ0) is 10.6. The largest absolute Gasteiger partial charge is 0.380 e. The number of halogens is 1. The second-order valence-electron chi connectivity index (χ2n) is 2.62. The van der Waals surface area contributed by atoms with E-state index in [9.17, 15) is 4.79 Å². The number of carbonyl (C=O) groups is 1. The molecule has 1 rings (SSSR count). The van der Waals surface area contributed by atoms with Crippen LogP contribution in [0.1, 0.15) is 16.7 Å². The van der Waals surface area contributed by atoms with Gasteiger partial charge in [0.15, 0.2) is 0 Å². The summed E-state index contributed by atoms with van der Waals surface area (Å²) < 4.78 is 5.23. The zero-order valence-electron chi connectivity index (χ0n) is 7.78. The van der Waals surface area contributed by atoms with Crippen LogP contribution < -0.4 is 5.32 Å². The number of aromatic nitrogens is 2. The van der Waals surface area contributed by atoms with Crippen LogP contribution in [0.2, 0.25) is 4.47 Å². The van der Waals surface area contributed by atoms with Crippen molar-refractivity contribution in [3.8, 4) is 0 Å². The third kappa shape index (κ3) is 3.21. The summed E-state index contributed by atoms with van der Waals surface area (Å²) in [6.07, 6.45) is -0.0256. The molecule has 0 bridgehead atoms. The summed E-state index contributed by atoms with van der Waals surface area (Å²) >= 11 is 6.58. The lowest BCUT2D eigenvalue weighted by Gasteiger charge is -2.08. The number of carbonyl (C=O) groups excluding carboxylic acids is 1. The smallest absolute Gasteiger partial charge is 0.282 e. The van der Waals surface area contributed by atoms with Crippen LogP contribution in [0.4, 0.5) is 0 Å². The van der Waals surface area contributed by atoms with Crippen LogP contribution in [-0.4, -0.2) is 35.9 Å². The van der Waals surface area contributed by atoms with Crippen molar-refractivity contribution in [3.05, 3.63) is 9.47 Å². The minimum atomic E-state index is -0.279. The number of rotatable bonds is 4. The molecule has 0 aliphatic rings. The van der Waals surface area contributed by atoms with E-state index in [4.69, 9.17) is 16.3 Å². The maximum atomic E-state index is 11.4. The Morgan fingerprint density at radius 3 is 2.93 bits per heavy atom. The van der Waals surface area contributed by atoms with Crippen molar-refractivity contribution in [1.82, 2.24) is 15.5 Å². The number of hydrogen-bond donors (Lipinski definition) is 1. The van der Waals surface area contributed by atoms with E-state index in [1.807, 2.05) is 6.92 Å². The summed E-state index contributed by atoms with van der Waals surface area (Å²) in [6.45, 7) is 2.29. The van der Waals surface area contributed by atoms with Gasteiger partial charge in [0.25, 0.3) is 5.91 Å². The molecule has 0 saturated heterocycles. The number of hydrogen-bond acceptors (Lipinski definition) is 5. The molecule has 1 amide bonds. The van der Waals surface area contributed by atoms with Gasteiger partial charge in [-0.05, 0) is 18.5 Å². The van der Waals surface area contributed by atoms with Crippen LogP contribution in [-0.2, 0) is 4.74 Å². The Morgan fingerprint density at radius 1 is 1.71 bits per heavy atom. The van der Waals surface area contributed by atoms with E-state index in [0.717, 1.165) is 11.3 Å². The highest BCUT2D eigenvalue weighted by Crippen LogP contribution is 2.14. The van der Waals surface area contributed by atoms with Crippen molar-refractivity contribution in [2.75, 3.05) is 13.7 Å². The molecule has 0 aliphatic carbocycles. The van der Waals surface area contributed by atoms with Gasteiger partial charge in [0, 0.05) is 13.7 Å². The molecule has 0 saturated carbocycles. The Hall–Kier alpha value is -0.720. The van der Waals surface area contributed by atoms with Gasteiger partial charge in [-0.1, -0.05) is 11.3 Å². The normalized spacial score (nSPS) is 12.5. The lowest BCUT2D eigenvalue weighted by Crippen LogP contribution is -2.31. The molecular formula is C7H10ClN3O2S. The molecule has 7 heteroatoms. The van der Waals surface area contributed by atoms with Crippen molar-refractivity contribution in [2.45, 2.75) is 13.0 Å². The molecule has 1 N–H and O–H groups in total. The molecule has 14 heavy (non-hydrogen) atoms.